The lowest BCUT2D eigenvalue weighted by Gasteiger charge is -2.13. The quantitative estimate of drug-likeness (QED) is 0.655. The number of benzene rings is 2. The number of ether oxygens (including phenoxy) is 1. The molecular formula is C19H19FN2O5S. The van der Waals surface area contributed by atoms with Gasteiger partial charge in [0.15, 0.2) is 6.10 Å². The molecule has 0 saturated carbocycles. The van der Waals surface area contributed by atoms with E-state index in [0.29, 0.717) is 5.56 Å². The second kappa shape index (κ2) is 9.77. The van der Waals surface area contributed by atoms with Crippen molar-refractivity contribution in [3.8, 4) is 0 Å². The van der Waals surface area contributed by atoms with Crippen molar-refractivity contribution in [3.05, 3.63) is 71.4 Å². The molecule has 0 spiro atoms. The van der Waals surface area contributed by atoms with Crippen molar-refractivity contribution in [1.82, 2.24) is 4.72 Å². The topological polar surface area (TPSA) is 102 Å². The van der Waals surface area contributed by atoms with E-state index in [1.165, 1.54) is 31.2 Å². The fraction of sp³-hybridized carbons (Fsp3) is 0.158. The molecule has 2 rings (SSSR count). The number of anilines is 1. The highest BCUT2D eigenvalue weighted by Gasteiger charge is 2.19. The number of halogens is 1. The van der Waals surface area contributed by atoms with Gasteiger partial charge >= 0.3 is 5.97 Å². The van der Waals surface area contributed by atoms with Crippen LogP contribution in [0.3, 0.4) is 0 Å². The molecular weight excluding hydrogens is 387 g/mol. The number of amides is 1. The number of carbonyl (C=O) groups is 2. The molecule has 9 heteroatoms. The minimum atomic E-state index is -3.86. The third-order valence-corrected chi connectivity index (χ3v) is 4.47. The fourth-order valence-electron chi connectivity index (χ4n) is 2.04. The summed E-state index contributed by atoms with van der Waals surface area (Å²) in [6.07, 6.45) is 0.183. The summed E-state index contributed by atoms with van der Waals surface area (Å²) < 4.78 is 43.8. The summed E-state index contributed by atoms with van der Waals surface area (Å²) >= 11 is 0. The molecule has 0 aliphatic carbocycles. The SMILES string of the molecule is C[C@@H](OC(=O)CNS(=O)(=O)/C=C/c1ccccc1)C(=O)Nc1cccc(F)c1. The van der Waals surface area contributed by atoms with Crippen molar-refractivity contribution < 1.29 is 27.1 Å². The smallest absolute Gasteiger partial charge is 0.321 e. The summed E-state index contributed by atoms with van der Waals surface area (Å²) in [5.74, 6) is -2.13. The number of rotatable bonds is 8. The summed E-state index contributed by atoms with van der Waals surface area (Å²) in [7, 11) is -3.86. The van der Waals surface area contributed by atoms with Crippen LogP contribution in [0.4, 0.5) is 10.1 Å². The van der Waals surface area contributed by atoms with Crippen LogP contribution in [0.1, 0.15) is 12.5 Å². The van der Waals surface area contributed by atoms with Crippen molar-refractivity contribution in [1.29, 1.82) is 0 Å². The predicted molar refractivity (Wildman–Crippen MR) is 103 cm³/mol. The fourth-order valence-corrected chi connectivity index (χ4v) is 2.79. The van der Waals surface area contributed by atoms with E-state index in [2.05, 4.69) is 10.0 Å². The van der Waals surface area contributed by atoms with Crippen LogP contribution in [0.15, 0.2) is 60.0 Å². The first-order valence-electron chi connectivity index (χ1n) is 8.24. The normalized spacial score (nSPS) is 12.5. The first-order chi connectivity index (χ1) is 13.2. The predicted octanol–water partition coefficient (Wildman–Crippen LogP) is 2.29. The Morgan fingerprint density at radius 1 is 1.14 bits per heavy atom. The van der Waals surface area contributed by atoms with Crippen LogP contribution in [0, 0.1) is 5.82 Å². The molecule has 0 aliphatic heterocycles. The number of esters is 1. The zero-order valence-corrected chi connectivity index (χ0v) is 15.8. The van der Waals surface area contributed by atoms with Gasteiger partial charge < -0.3 is 10.1 Å². The van der Waals surface area contributed by atoms with Gasteiger partial charge in [-0.05, 0) is 36.8 Å². The van der Waals surface area contributed by atoms with Crippen LogP contribution in [-0.2, 0) is 24.3 Å². The van der Waals surface area contributed by atoms with E-state index in [1.807, 2.05) is 0 Å². The molecule has 28 heavy (non-hydrogen) atoms. The summed E-state index contributed by atoms with van der Waals surface area (Å²) in [5.41, 5.74) is 0.887. The zero-order chi connectivity index (χ0) is 20.6. The maximum atomic E-state index is 13.1. The van der Waals surface area contributed by atoms with Gasteiger partial charge in [-0.15, -0.1) is 0 Å². The Labute approximate surface area is 162 Å². The first kappa shape index (κ1) is 21.3. The Hall–Kier alpha value is -3.04. The van der Waals surface area contributed by atoms with Gasteiger partial charge in [0.05, 0.1) is 0 Å². The van der Waals surface area contributed by atoms with Gasteiger partial charge in [-0.3, -0.25) is 9.59 Å². The van der Waals surface area contributed by atoms with Gasteiger partial charge in [0.1, 0.15) is 12.4 Å². The van der Waals surface area contributed by atoms with E-state index in [4.69, 9.17) is 4.74 Å². The summed E-state index contributed by atoms with van der Waals surface area (Å²) in [6.45, 7) is 0.676. The van der Waals surface area contributed by atoms with Crippen LogP contribution in [0.25, 0.3) is 6.08 Å². The molecule has 1 atom stereocenters. The highest BCUT2D eigenvalue weighted by atomic mass is 32.2. The highest BCUT2D eigenvalue weighted by molar-refractivity contribution is 7.92. The second-order valence-corrected chi connectivity index (χ2v) is 7.36. The molecule has 0 bridgehead atoms. The third-order valence-electron chi connectivity index (χ3n) is 3.43. The molecule has 2 aromatic rings. The Bertz CT molecular complexity index is 961. The number of hydrogen-bond acceptors (Lipinski definition) is 5. The van der Waals surface area contributed by atoms with E-state index in [1.54, 1.807) is 30.3 Å². The Kier molecular flexibility index (Phi) is 7.42. The number of hydrogen-bond donors (Lipinski definition) is 2. The maximum Gasteiger partial charge on any atom is 0.321 e. The average molecular weight is 406 g/mol. The minimum absolute atomic E-state index is 0.208. The Morgan fingerprint density at radius 2 is 1.86 bits per heavy atom. The van der Waals surface area contributed by atoms with Gasteiger partial charge in [0.25, 0.3) is 5.91 Å². The highest BCUT2D eigenvalue weighted by Crippen LogP contribution is 2.10. The summed E-state index contributed by atoms with van der Waals surface area (Å²) in [4.78, 5) is 23.7. The molecule has 0 aromatic heterocycles. The van der Waals surface area contributed by atoms with E-state index in [9.17, 15) is 22.4 Å². The summed E-state index contributed by atoms with van der Waals surface area (Å²) in [5, 5.41) is 3.32. The molecule has 0 aliphatic rings. The van der Waals surface area contributed by atoms with E-state index in [0.717, 1.165) is 11.5 Å². The van der Waals surface area contributed by atoms with Gasteiger partial charge in [0, 0.05) is 11.1 Å². The lowest BCUT2D eigenvalue weighted by Crippen LogP contribution is -2.35. The van der Waals surface area contributed by atoms with Crippen molar-refractivity contribution in [2.75, 3.05) is 11.9 Å². The van der Waals surface area contributed by atoms with Crippen molar-refractivity contribution in [3.63, 3.8) is 0 Å². The summed E-state index contributed by atoms with van der Waals surface area (Å²) in [6, 6.07) is 14.0. The average Bonchev–Trinajstić information content (AvgIpc) is 2.66. The molecule has 1 amide bonds. The number of carbonyl (C=O) groups excluding carboxylic acids is 2. The molecule has 0 unspecified atom stereocenters. The van der Waals surface area contributed by atoms with Crippen molar-refractivity contribution in [2.45, 2.75) is 13.0 Å². The standard InChI is InChI=1S/C19H19FN2O5S/c1-14(19(24)22-17-9-5-8-16(20)12-17)27-18(23)13-21-28(25,26)11-10-15-6-3-2-4-7-15/h2-12,14,21H,13H2,1H3,(H,22,24)/b11-10+/t14-/m1/s1. The Morgan fingerprint density at radius 3 is 2.54 bits per heavy atom. The molecule has 0 heterocycles. The largest absolute Gasteiger partial charge is 0.452 e. The lowest BCUT2D eigenvalue weighted by atomic mass is 10.2. The molecule has 2 N–H and O–H groups in total. The van der Waals surface area contributed by atoms with Gasteiger partial charge in [-0.2, -0.15) is 0 Å². The number of nitrogens with one attached hydrogen (secondary N) is 2. The lowest BCUT2D eigenvalue weighted by molar-refractivity contribution is -0.151. The van der Waals surface area contributed by atoms with Gasteiger partial charge in [-0.1, -0.05) is 36.4 Å². The maximum absolute atomic E-state index is 13.1. The first-order valence-corrected chi connectivity index (χ1v) is 9.78. The zero-order valence-electron chi connectivity index (χ0n) is 15.0. The van der Waals surface area contributed by atoms with Gasteiger partial charge in [0.2, 0.25) is 10.0 Å². The van der Waals surface area contributed by atoms with Crippen LogP contribution in [0.2, 0.25) is 0 Å². The second-order valence-electron chi connectivity index (χ2n) is 5.71. The molecule has 0 radical (unpaired) electrons. The minimum Gasteiger partial charge on any atom is -0.452 e. The van der Waals surface area contributed by atoms with Crippen LogP contribution >= 0.6 is 0 Å². The van der Waals surface area contributed by atoms with Crippen LogP contribution < -0.4 is 10.0 Å². The molecule has 148 valence electrons. The molecule has 0 fully saturated rings. The molecule has 2 aromatic carbocycles. The van der Waals surface area contributed by atoms with Crippen molar-refractivity contribution in [2.24, 2.45) is 0 Å². The van der Waals surface area contributed by atoms with Crippen molar-refractivity contribution >= 4 is 33.7 Å². The Balaban J connectivity index is 1.82. The van der Waals surface area contributed by atoms with Crippen LogP contribution in [-0.4, -0.2) is 32.9 Å². The monoisotopic (exact) mass is 406 g/mol. The molecule has 0 saturated heterocycles. The number of sulfonamides is 1. The van der Waals surface area contributed by atoms with Gasteiger partial charge in [-0.25, -0.2) is 17.5 Å². The molecule has 7 nitrogen and oxygen atoms in total. The van der Waals surface area contributed by atoms with E-state index < -0.39 is 40.4 Å². The van der Waals surface area contributed by atoms with E-state index in [-0.39, 0.29) is 5.69 Å². The van der Waals surface area contributed by atoms with E-state index >= 15 is 0 Å². The van der Waals surface area contributed by atoms with Crippen LogP contribution in [0.5, 0.6) is 0 Å². The third kappa shape index (κ3) is 7.29.